The number of nitrogens with zero attached hydrogens (tertiary/aromatic N) is 2. The van der Waals surface area contributed by atoms with Crippen LogP contribution in [0.25, 0.3) is 0 Å². The molecule has 0 unspecified atom stereocenters. The van der Waals surface area contributed by atoms with Gasteiger partial charge in [0.1, 0.15) is 0 Å². The van der Waals surface area contributed by atoms with Gasteiger partial charge < -0.3 is 5.11 Å². The quantitative estimate of drug-likeness (QED) is 0.842. The van der Waals surface area contributed by atoms with Crippen molar-refractivity contribution < 1.29 is 5.11 Å². The number of hydrogen-bond donors (Lipinski definition) is 1. The van der Waals surface area contributed by atoms with Gasteiger partial charge in [-0.3, -0.25) is 9.80 Å². The van der Waals surface area contributed by atoms with Gasteiger partial charge in [-0.05, 0) is 31.3 Å². The van der Waals surface area contributed by atoms with E-state index >= 15 is 0 Å². The van der Waals surface area contributed by atoms with Crippen molar-refractivity contribution in [3.8, 4) is 0 Å². The average Bonchev–Trinajstić information content (AvgIpc) is 2.43. The summed E-state index contributed by atoms with van der Waals surface area (Å²) in [5.41, 5.74) is 0. The van der Waals surface area contributed by atoms with Gasteiger partial charge >= 0.3 is 0 Å². The van der Waals surface area contributed by atoms with Gasteiger partial charge in [0.25, 0.3) is 0 Å². The fraction of sp³-hybridized carbons (Fsp3) is 0.571. The lowest BCUT2D eigenvalue weighted by Crippen LogP contribution is -2.53. The smallest absolute Gasteiger partial charge is 0.0599 e. The molecule has 3 nitrogen and oxygen atoms in total. The fourth-order valence-electron chi connectivity index (χ4n) is 2.23. The van der Waals surface area contributed by atoms with Crippen LogP contribution in [0.4, 0.5) is 0 Å². The fourth-order valence-corrected chi connectivity index (χ4v) is 3.27. The average molecular weight is 301 g/mol. The number of piperazine rings is 1. The zero-order valence-electron chi connectivity index (χ0n) is 11.3. The van der Waals surface area contributed by atoms with Crippen LogP contribution in [0.1, 0.15) is 0 Å². The zero-order valence-corrected chi connectivity index (χ0v) is 12.8. The SMILES string of the molecule is CN1CCN(CCSc2ccc(Cl)cc2)C[C@@H]1CO. The summed E-state index contributed by atoms with van der Waals surface area (Å²) < 4.78 is 0. The summed E-state index contributed by atoms with van der Waals surface area (Å²) in [5.74, 6) is 1.07. The van der Waals surface area contributed by atoms with E-state index in [-0.39, 0.29) is 12.6 Å². The Kier molecular flexibility index (Phi) is 5.98. The maximum atomic E-state index is 9.32. The predicted molar refractivity (Wildman–Crippen MR) is 82.1 cm³/mol. The minimum absolute atomic E-state index is 0.247. The molecule has 0 radical (unpaired) electrons. The van der Waals surface area contributed by atoms with E-state index in [1.807, 2.05) is 23.9 Å². The van der Waals surface area contributed by atoms with Crippen LogP contribution in [-0.4, -0.2) is 66.5 Å². The van der Waals surface area contributed by atoms with Gasteiger partial charge in [-0.2, -0.15) is 0 Å². The molecule has 1 aromatic carbocycles. The molecule has 106 valence electrons. The first-order chi connectivity index (χ1) is 9.19. The van der Waals surface area contributed by atoms with E-state index in [1.165, 1.54) is 4.90 Å². The number of halogens is 1. The molecule has 0 aliphatic carbocycles. The van der Waals surface area contributed by atoms with Crippen molar-refractivity contribution in [3.63, 3.8) is 0 Å². The molecule has 1 heterocycles. The van der Waals surface area contributed by atoms with Gasteiger partial charge in [-0.1, -0.05) is 11.6 Å². The monoisotopic (exact) mass is 300 g/mol. The molecule has 0 saturated carbocycles. The van der Waals surface area contributed by atoms with E-state index in [4.69, 9.17) is 11.6 Å². The largest absolute Gasteiger partial charge is 0.395 e. The third-order valence-corrected chi connectivity index (χ3v) is 4.81. The van der Waals surface area contributed by atoms with Crippen molar-refractivity contribution in [3.05, 3.63) is 29.3 Å². The van der Waals surface area contributed by atoms with E-state index in [0.29, 0.717) is 0 Å². The lowest BCUT2D eigenvalue weighted by molar-refractivity contribution is 0.0610. The maximum absolute atomic E-state index is 9.32. The van der Waals surface area contributed by atoms with Crippen LogP contribution >= 0.6 is 23.4 Å². The van der Waals surface area contributed by atoms with Crippen LogP contribution in [0.3, 0.4) is 0 Å². The Morgan fingerprint density at radius 2 is 2.05 bits per heavy atom. The Hall–Kier alpha value is -0.260. The second-order valence-corrected chi connectivity index (χ2v) is 6.52. The summed E-state index contributed by atoms with van der Waals surface area (Å²) in [4.78, 5) is 5.93. The molecule has 0 bridgehead atoms. The molecular formula is C14H21ClN2OS. The third kappa shape index (κ3) is 4.65. The number of benzene rings is 1. The summed E-state index contributed by atoms with van der Waals surface area (Å²) in [6, 6.07) is 8.28. The minimum atomic E-state index is 0.247. The van der Waals surface area contributed by atoms with Crippen LogP contribution in [-0.2, 0) is 0 Å². The summed E-state index contributed by atoms with van der Waals surface area (Å²) in [6.07, 6.45) is 0. The van der Waals surface area contributed by atoms with E-state index in [2.05, 4.69) is 29.0 Å². The van der Waals surface area contributed by atoms with E-state index in [1.54, 1.807) is 0 Å². The normalized spacial score (nSPS) is 21.7. The Balaban J connectivity index is 1.72. The Bertz CT molecular complexity index is 388. The van der Waals surface area contributed by atoms with E-state index < -0.39 is 0 Å². The van der Waals surface area contributed by atoms with Crippen LogP contribution in [0.5, 0.6) is 0 Å². The molecular weight excluding hydrogens is 280 g/mol. The van der Waals surface area contributed by atoms with Gasteiger partial charge in [0.2, 0.25) is 0 Å². The second kappa shape index (κ2) is 7.50. The third-order valence-electron chi connectivity index (χ3n) is 3.56. The van der Waals surface area contributed by atoms with Gasteiger partial charge in [0, 0.05) is 47.9 Å². The summed E-state index contributed by atoms with van der Waals surface area (Å²) >= 11 is 7.72. The highest BCUT2D eigenvalue weighted by Crippen LogP contribution is 2.20. The van der Waals surface area contributed by atoms with Gasteiger partial charge in [0.15, 0.2) is 0 Å². The molecule has 2 rings (SSSR count). The highest BCUT2D eigenvalue weighted by atomic mass is 35.5. The predicted octanol–water partition coefficient (Wildman–Crippen LogP) is 2.04. The van der Waals surface area contributed by atoms with Gasteiger partial charge in [0.05, 0.1) is 6.61 Å². The minimum Gasteiger partial charge on any atom is -0.395 e. The molecule has 1 fully saturated rings. The number of aliphatic hydroxyl groups is 1. The number of likely N-dealkylation sites (N-methyl/N-ethyl adjacent to an activating group) is 1. The summed E-state index contributed by atoms with van der Waals surface area (Å²) in [6.45, 7) is 4.41. The zero-order chi connectivity index (χ0) is 13.7. The highest BCUT2D eigenvalue weighted by molar-refractivity contribution is 7.99. The van der Waals surface area contributed by atoms with E-state index in [0.717, 1.165) is 37.0 Å². The van der Waals surface area contributed by atoms with Crippen molar-refractivity contribution in [2.45, 2.75) is 10.9 Å². The van der Waals surface area contributed by atoms with Crippen molar-refractivity contribution in [2.75, 3.05) is 45.6 Å². The Labute approximate surface area is 124 Å². The van der Waals surface area contributed by atoms with Gasteiger partial charge in [-0.15, -0.1) is 11.8 Å². The second-order valence-electron chi connectivity index (χ2n) is 4.92. The molecule has 1 aromatic rings. The van der Waals surface area contributed by atoms with Crippen molar-refractivity contribution in [1.82, 2.24) is 9.80 Å². The standard InChI is InChI=1S/C14H21ClN2OS/c1-16-6-7-17(10-13(16)11-18)8-9-19-14-4-2-12(15)3-5-14/h2-5,13,18H,6-11H2,1H3/t13-/m1/s1. The Morgan fingerprint density at radius 3 is 2.74 bits per heavy atom. The maximum Gasteiger partial charge on any atom is 0.0599 e. The molecule has 1 saturated heterocycles. The Morgan fingerprint density at radius 1 is 1.32 bits per heavy atom. The highest BCUT2D eigenvalue weighted by Gasteiger charge is 2.22. The van der Waals surface area contributed by atoms with Gasteiger partial charge in [-0.25, -0.2) is 0 Å². The van der Waals surface area contributed by atoms with Crippen molar-refractivity contribution >= 4 is 23.4 Å². The van der Waals surface area contributed by atoms with Crippen molar-refractivity contribution in [2.24, 2.45) is 0 Å². The van der Waals surface area contributed by atoms with Crippen LogP contribution < -0.4 is 0 Å². The summed E-state index contributed by atoms with van der Waals surface area (Å²) in [7, 11) is 2.08. The summed E-state index contributed by atoms with van der Waals surface area (Å²) in [5, 5.41) is 10.1. The van der Waals surface area contributed by atoms with Crippen molar-refractivity contribution in [1.29, 1.82) is 0 Å². The molecule has 5 heteroatoms. The van der Waals surface area contributed by atoms with E-state index in [9.17, 15) is 5.11 Å². The lowest BCUT2D eigenvalue weighted by Gasteiger charge is -2.38. The van der Waals surface area contributed by atoms with Crippen LogP contribution in [0.15, 0.2) is 29.2 Å². The number of hydrogen-bond acceptors (Lipinski definition) is 4. The number of thioether (sulfide) groups is 1. The molecule has 1 atom stereocenters. The molecule has 0 aromatic heterocycles. The molecule has 19 heavy (non-hydrogen) atoms. The molecule has 1 aliphatic heterocycles. The first kappa shape index (κ1) is 15.1. The topological polar surface area (TPSA) is 26.7 Å². The molecule has 1 N–H and O–H groups in total. The molecule has 0 amide bonds. The molecule has 1 aliphatic rings. The first-order valence-corrected chi connectivity index (χ1v) is 7.97. The number of aliphatic hydroxyl groups excluding tert-OH is 1. The first-order valence-electron chi connectivity index (χ1n) is 6.61. The molecule has 0 spiro atoms. The number of rotatable bonds is 5. The van der Waals surface area contributed by atoms with Crippen LogP contribution in [0, 0.1) is 0 Å². The lowest BCUT2D eigenvalue weighted by atomic mass is 10.2. The van der Waals surface area contributed by atoms with Crippen LogP contribution in [0.2, 0.25) is 5.02 Å².